The Balaban J connectivity index is 1.35. The largest absolute Gasteiger partial charge is 0.345 e. The summed E-state index contributed by atoms with van der Waals surface area (Å²) < 4.78 is 15.5. The first kappa shape index (κ1) is 21.0. The molecule has 0 bridgehead atoms. The molecular formula is C22H22FN5O2S. The highest BCUT2D eigenvalue weighted by Gasteiger charge is 2.23. The van der Waals surface area contributed by atoms with E-state index in [1.807, 2.05) is 23.1 Å². The summed E-state index contributed by atoms with van der Waals surface area (Å²) in [7, 11) is 1.77. The zero-order valence-corrected chi connectivity index (χ0v) is 17.9. The van der Waals surface area contributed by atoms with Crippen molar-refractivity contribution in [1.82, 2.24) is 20.1 Å². The number of hydrogen-bond acceptors (Lipinski definition) is 5. The zero-order chi connectivity index (χ0) is 21.8. The number of carbonyl (C=O) groups excluding carboxylic acids is 2. The third-order valence-electron chi connectivity index (χ3n) is 5.19. The fourth-order valence-corrected chi connectivity index (χ4v) is 4.33. The van der Waals surface area contributed by atoms with E-state index >= 15 is 0 Å². The van der Waals surface area contributed by atoms with Crippen molar-refractivity contribution in [1.29, 1.82) is 0 Å². The molecule has 0 saturated carbocycles. The van der Waals surface area contributed by atoms with Gasteiger partial charge in [0, 0.05) is 19.3 Å². The van der Waals surface area contributed by atoms with Gasteiger partial charge in [-0.05, 0) is 36.6 Å². The maximum atomic E-state index is 13.7. The van der Waals surface area contributed by atoms with Crippen LogP contribution in [0.1, 0.15) is 28.2 Å². The van der Waals surface area contributed by atoms with Crippen LogP contribution in [0.5, 0.6) is 0 Å². The Hall–Kier alpha value is -3.20. The molecule has 0 atom stereocenters. The van der Waals surface area contributed by atoms with Crippen LogP contribution in [0.4, 0.5) is 10.1 Å². The molecule has 0 fully saturated rings. The molecule has 0 radical (unpaired) electrons. The number of fused-ring (bicyclic) bond motifs is 1. The molecule has 9 heteroatoms. The lowest BCUT2D eigenvalue weighted by Crippen LogP contribution is -2.36. The van der Waals surface area contributed by atoms with Crippen LogP contribution < -0.4 is 10.2 Å². The molecule has 160 valence electrons. The summed E-state index contributed by atoms with van der Waals surface area (Å²) in [5.74, 6) is -0.319. The highest BCUT2D eigenvalue weighted by Crippen LogP contribution is 2.28. The first-order valence-corrected chi connectivity index (χ1v) is 10.9. The van der Waals surface area contributed by atoms with Gasteiger partial charge in [0.05, 0.1) is 17.9 Å². The number of hydrogen-bond donors (Lipinski definition) is 1. The van der Waals surface area contributed by atoms with Gasteiger partial charge in [-0.15, -0.1) is 10.2 Å². The lowest BCUT2D eigenvalue weighted by Gasteiger charge is -2.29. The Morgan fingerprint density at radius 2 is 1.90 bits per heavy atom. The van der Waals surface area contributed by atoms with Crippen molar-refractivity contribution < 1.29 is 14.0 Å². The molecule has 0 spiro atoms. The first-order valence-electron chi connectivity index (χ1n) is 9.96. The van der Waals surface area contributed by atoms with Crippen LogP contribution in [0, 0.1) is 5.82 Å². The van der Waals surface area contributed by atoms with Gasteiger partial charge in [0.1, 0.15) is 5.82 Å². The van der Waals surface area contributed by atoms with E-state index in [4.69, 9.17) is 0 Å². The fourth-order valence-electron chi connectivity index (χ4n) is 3.52. The number of halogens is 1. The normalized spacial score (nSPS) is 13.0. The molecule has 0 saturated heterocycles. The number of para-hydroxylation sites is 1. The average molecular weight is 440 g/mol. The van der Waals surface area contributed by atoms with Crippen molar-refractivity contribution in [3.05, 3.63) is 71.3 Å². The van der Waals surface area contributed by atoms with Crippen LogP contribution in [0.25, 0.3) is 0 Å². The second kappa shape index (κ2) is 9.30. The number of thioether (sulfide) groups is 1. The highest BCUT2D eigenvalue weighted by atomic mass is 32.2. The van der Waals surface area contributed by atoms with Gasteiger partial charge in [-0.2, -0.15) is 0 Å². The Labute approximate surface area is 183 Å². The van der Waals surface area contributed by atoms with Gasteiger partial charge in [-0.3, -0.25) is 9.59 Å². The minimum atomic E-state index is -0.577. The second-order valence-corrected chi connectivity index (χ2v) is 8.13. The van der Waals surface area contributed by atoms with Gasteiger partial charge in [0.15, 0.2) is 11.0 Å². The van der Waals surface area contributed by atoms with Gasteiger partial charge in [-0.1, -0.05) is 42.1 Å². The van der Waals surface area contributed by atoms with E-state index in [1.54, 1.807) is 17.7 Å². The van der Waals surface area contributed by atoms with Crippen LogP contribution in [0.3, 0.4) is 0 Å². The van der Waals surface area contributed by atoms with E-state index in [-0.39, 0.29) is 23.8 Å². The predicted molar refractivity (Wildman–Crippen MR) is 116 cm³/mol. The van der Waals surface area contributed by atoms with Gasteiger partial charge in [-0.25, -0.2) is 4.39 Å². The van der Waals surface area contributed by atoms with Crippen LogP contribution in [0.2, 0.25) is 0 Å². The van der Waals surface area contributed by atoms with E-state index in [2.05, 4.69) is 21.6 Å². The van der Waals surface area contributed by atoms with E-state index < -0.39 is 11.7 Å². The second-order valence-electron chi connectivity index (χ2n) is 7.19. The zero-order valence-electron chi connectivity index (χ0n) is 17.0. The van der Waals surface area contributed by atoms with Crippen molar-refractivity contribution in [2.75, 3.05) is 17.2 Å². The molecule has 2 heterocycles. The van der Waals surface area contributed by atoms with Gasteiger partial charge in [0.25, 0.3) is 5.91 Å². The van der Waals surface area contributed by atoms with Crippen LogP contribution in [-0.2, 0) is 24.8 Å². The topological polar surface area (TPSA) is 80.1 Å². The lowest BCUT2D eigenvalue weighted by atomic mass is 10.0. The fraction of sp³-hybridized carbons (Fsp3) is 0.273. The first-order chi connectivity index (χ1) is 15.0. The molecule has 1 aromatic heterocycles. The Bertz CT molecular complexity index is 1120. The van der Waals surface area contributed by atoms with Crippen LogP contribution in [-0.4, -0.2) is 38.9 Å². The molecule has 2 aromatic carbocycles. The summed E-state index contributed by atoms with van der Waals surface area (Å²) in [6, 6.07) is 13.8. The predicted octanol–water partition coefficient (Wildman–Crippen LogP) is 2.96. The number of aryl methyl sites for hydroxylation is 1. The third-order valence-corrected chi connectivity index (χ3v) is 6.19. The minimum absolute atomic E-state index is 0.0216. The third kappa shape index (κ3) is 4.61. The highest BCUT2D eigenvalue weighted by molar-refractivity contribution is 7.99. The van der Waals surface area contributed by atoms with Crippen LogP contribution >= 0.6 is 11.8 Å². The number of aromatic nitrogens is 3. The maximum absolute atomic E-state index is 13.7. The number of carbonyl (C=O) groups is 2. The van der Waals surface area contributed by atoms with E-state index in [0.717, 1.165) is 18.5 Å². The number of nitrogens with zero attached hydrogens (tertiary/aromatic N) is 4. The van der Waals surface area contributed by atoms with E-state index in [0.29, 0.717) is 17.5 Å². The molecule has 1 N–H and O–H groups in total. The smallest absolute Gasteiger partial charge is 0.254 e. The molecule has 0 aliphatic carbocycles. The lowest BCUT2D eigenvalue weighted by molar-refractivity contribution is -0.116. The van der Waals surface area contributed by atoms with Gasteiger partial charge >= 0.3 is 0 Å². The van der Waals surface area contributed by atoms with E-state index in [1.165, 1.54) is 35.5 Å². The molecule has 31 heavy (non-hydrogen) atoms. The number of anilines is 1. The summed E-state index contributed by atoms with van der Waals surface area (Å²) >= 11 is 1.30. The van der Waals surface area contributed by atoms with Crippen molar-refractivity contribution in [3.63, 3.8) is 0 Å². The van der Waals surface area contributed by atoms with E-state index in [9.17, 15) is 14.0 Å². The molecule has 2 amide bonds. The average Bonchev–Trinajstić information content (AvgIpc) is 3.15. The number of rotatable bonds is 6. The molecule has 7 nitrogen and oxygen atoms in total. The van der Waals surface area contributed by atoms with Crippen molar-refractivity contribution >= 4 is 29.3 Å². The molecule has 1 aliphatic rings. The summed E-state index contributed by atoms with van der Waals surface area (Å²) in [6.07, 6.45) is 1.93. The maximum Gasteiger partial charge on any atom is 0.254 e. The van der Waals surface area contributed by atoms with Crippen molar-refractivity contribution in [2.45, 2.75) is 24.5 Å². The standard InChI is InChI=1S/C22H22FN5O2S/c1-27-19(13-24-21(30)16-9-3-4-10-17(16)23)25-26-22(27)31-14-20(29)28-12-6-8-15-7-2-5-11-18(15)28/h2-5,7,9-11H,6,8,12-14H2,1H3,(H,24,30). The van der Waals surface area contributed by atoms with Gasteiger partial charge < -0.3 is 14.8 Å². The van der Waals surface area contributed by atoms with Crippen LogP contribution in [0.15, 0.2) is 53.7 Å². The molecular weight excluding hydrogens is 417 g/mol. The Morgan fingerprint density at radius 1 is 1.13 bits per heavy atom. The summed E-state index contributed by atoms with van der Waals surface area (Å²) in [5.41, 5.74) is 2.15. The van der Waals surface area contributed by atoms with Crippen molar-refractivity contribution in [2.24, 2.45) is 7.05 Å². The number of nitrogens with one attached hydrogen (secondary N) is 1. The number of amides is 2. The monoisotopic (exact) mass is 439 g/mol. The Morgan fingerprint density at radius 3 is 2.74 bits per heavy atom. The Kier molecular flexibility index (Phi) is 6.31. The molecule has 1 aliphatic heterocycles. The number of benzene rings is 2. The molecule has 0 unspecified atom stereocenters. The summed E-state index contributed by atoms with van der Waals surface area (Å²) in [6.45, 7) is 0.813. The SMILES string of the molecule is Cn1c(CNC(=O)c2ccccc2F)nnc1SCC(=O)N1CCCc2ccccc21. The van der Waals surface area contributed by atoms with Crippen molar-refractivity contribution in [3.8, 4) is 0 Å². The quantitative estimate of drug-likeness (QED) is 0.598. The summed E-state index contributed by atoms with van der Waals surface area (Å²) in [5, 5.41) is 11.4. The van der Waals surface area contributed by atoms with Gasteiger partial charge in [0.2, 0.25) is 5.91 Å². The summed E-state index contributed by atoms with van der Waals surface area (Å²) in [4.78, 5) is 26.8. The molecule has 4 rings (SSSR count). The molecule has 3 aromatic rings. The minimum Gasteiger partial charge on any atom is -0.345 e.